The lowest BCUT2D eigenvalue weighted by Crippen LogP contribution is -2.43. The van der Waals surface area contributed by atoms with Gasteiger partial charge in [-0.2, -0.15) is 0 Å². The normalized spacial score (nSPS) is 19.0. The lowest BCUT2D eigenvalue weighted by Gasteiger charge is -2.28. The second-order valence-electron chi connectivity index (χ2n) is 5.70. The van der Waals surface area contributed by atoms with E-state index in [0.29, 0.717) is 22.8 Å². The summed E-state index contributed by atoms with van der Waals surface area (Å²) in [6.45, 7) is 0. The Balaban J connectivity index is 1.89. The third-order valence-electron chi connectivity index (χ3n) is 3.92. The van der Waals surface area contributed by atoms with Gasteiger partial charge in [0.2, 0.25) is 0 Å². The first-order valence-electron chi connectivity index (χ1n) is 7.56. The van der Waals surface area contributed by atoms with Gasteiger partial charge in [-0.1, -0.05) is 29.8 Å². The van der Waals surface area contributed by atoms with Gasteiger partial charge in [0.05, 0.1) is 17.5 Å². The van der Waals surface area contributed by atoms with Crippen LogP contribution in [0.5, 0.6) is 0 Å². The van der Waals surface area contributed by atoms with Gasteiger partial charge in [0.25, 0.3) is 0 Å². The largest absolute Gasteiger partial charge is 0.326 e. The molecular weight excluding hydrogens is 348 g/mol. The second-order valence-corrected chi connectivity index (χ2v) is 8.36. The number of hydrogen-bond acceptors (Lipinski definition) is 3. The number of anilines is 2. The molecule has 2 amide bonds. The van der Waals surface area contributed by atoms with Gasteiger partial charge in [-0.25, -0.2) is 13.2 Å². The third kappa shape index (κ3) is 3.88. The Bertz CT molecular complexity index is 823. The van der Waals surface area contributed by atoms with Crippen molar-refractivity contribution in [1.82, 2.24) is 0 Å². The van der Waals surface area contributed by atoms with Crippen molar-refractivity contribution in [2.75, 3.05) is 21.7 Å². The van der Waals surface area contributed by atoms with Crippen molar-refractivity contribution in [3.8, 4) is 0 Å². The Labute approximate surface area is 146 Å². The molecule has 2 aromatic rings. The van der Waals surface area contributed by atoms with E-state index in [2.05, 4.69) is 5.32 Å². The van der Waals surface area contributed by atoms with E-state index in [4.69, 9.17) is 11.6 Å². The number of urea groups is 1. The maximum Gasteiger partial charge on any atom is 0.326 e. The van der Waals surface area contributed by atoms with Gasteiger partial charge in [-0.3, -0.25) is 4.90 Å². The third-order valence-corrected chi connectivity index (χ3v) is 5.92. The van der Waals surface area contributed by atoms with E-state index >= 15 is 0 Å². The molecule has 2 aromatic carbocycles. The molecule has 1 aliphatic rings. The Morgan fingerprint density at radius 1 is 1.08 bits per heavy atom. The first kappa shape index (κ1) is 16.8. The van der Waals surface area contributed by atoms with Crippen LogP contribution in [0.4, 0.5) is 16.2 Å². The molecule has 1 atom stereocenters. The quantitative estimate of drug-likeness (QED) is 0.905. The standard InChI is InChI=1S/C17H17ClN2O3S/c18-13-6-8-15(9-7-13)20(16-10-11-24(22,23)12-16)17(21)19-14-4-2-1-3-5-14/h1-9,16H,10-12H2,(H,19,21). The number of para-hydroxylation sites is 1. The predicted octanol–water partition coefficient (Wildman–Crippen LogP) is 3.57. The van der Waals surface area contributed by atoms with E-state index in [1.54, 1.807) is 36.4 Å². The predicted molar refractivity (Wildman–Crippen MR) is 96.5 cm³/mol. The molecule has 1 heterocycles. The van der Waals surface area contributed by atoms with Gasteiger partial charge in [0.15, 0.2) is 9.84 Å². The highest BCUT2D eigenvalue weighted by molar-refractivity contribution is 7.91. The number of nitrogens with one attached hydrogen (secondary N) is 1. The molecule has 1 saturated heterocycles. The zero-order chi connectivity index (χ0) is 17.2. The number of nitrogens with zero attached hydrogens (tertiary/aromatic N) is 1. The molecule has 3 rings (SSSR count). The Hall–Kier alpha value is -2.05. The van der Waals surface area contributed by atoms with Crippen LogP contribution in [0.3, 0.4) is 0 Å². The number of benzene rings is 2. The Morgan fingerprint density at radius 2 is 1.75 bits per heavy atom. The van der Waals surface area contributed by atoms with Gasteiger partial charge in [-0.15, -0.1) is 0 Å². The molecule has 0 radical (unpaired) electrons. The number of halogens is 1. The Morgan fingerprint density at radius 3 is 2.33 bits per heavy atom. The van der Waals surface area contributed by atoms with Gasteiger partial charge >= 0.3 is 6.03 Å². The fourth-order valence-electron chi connectivity index (χ4n) is 2.78. The van der Waals surface area contributed by atoms with Gasteiger partial charge < -0.3 is 5.32 Å². The molecule has 0 aliphatic carbocycles. The van der Waals surface area contributed by atoms with Crippen LogP contribution in [0.15, 0.2) is 54.6 Å². The number of amides is 2. The van der Waals surface area contributed by atoms with Crippen LogP contribution in [0, 0.1) is 0 Å². The van der Waals surface area contributed by atoms with Crippen LogP contribution < -0.4 is 10.2 Å². The van der Waals surface area contributed by atoms with Gasteiger partial charge in [-0.05, 0) is 42.8 Å². The molecule has 5 nitrogen and oxygen atoms in total. The molecule has 0 saturated carbocycles. The van der Waals surface area contributed by atoms with E-state index in [0.717, 1.165) is 0 Å². The summed E-state index contributed by atoms with van der Waals surface area (Å²) in [6.07, 6.45) is 0.424. The van der Waals surface area contributed by atoms with Crippen molar-refractivity contribution in [3.05, 3.63) is 59.6 Å². The van der Waals surface area contributed by atoms with Crippen molar-refractivity contribution in [3.63, 3.8) is 0 Å². The fourth-order valence-corrected chi connectivity index (χ4v) is 4.61. The highest BCUT2D eigenvalue weighted by Crippen LogP contribution is 2.26. The van der Waals surface area contributed by atoms with Crippen molar-refractivity contribution in [1.29, 1.82) is 0 Å². The number of rotatable bonds is 3. The summed E-state index contributed by atoms with van der Waals surface area (Å²) >= 11 is 5.92. The summed E-state index contributed by atoms with van der Waals surface area (Å²) in [7, 11) is -3.11. The minimum absolute atomic E-state index is 0.0299. The molecule has 1 fully saturated rings. The summed E-state index contributed by atoms with van der Waals surface area (Å²) in [5.41, 5.74) is 1.28. The zero-order valence-corrected chi connectivity index (χ0v) is 14.4. The minimum Gasteiger partial charge on any atom is -0.308 e. The maximum absolute atomic E-state index is 12.8. The zero-order valence-electron chi connectivity index (χ0n) is 12.9. The molecule has 1 N–H and O–H groups in total. The van der Waals surface area contributed by atoms with E-state index in [1.807, 2.05) is 18.2 Å². The van der Waals surface area contributed by atoms with E-state index in [9.17, 15) is 13.2 Å². The van der Waals surface area contributed by atoms with Crippen LogP contribution >= 0.6 is 11.6 Å². The summed E-state index contributed by atoms with van der Waals surface area (Å²) in [4.78, 5) is 14.3. The van der Waals surface area contributed by atoms with Gasteiger partial charge in [0.1, 0.15) is 0 Å². The number of sulfone groups is 1. The molecule has 1 unspecified atom stereocenters. The lowest BCUT2D eigenvalue weighted by atomic mass is 10.2. The molecule has 24 heavy (non-hydrogen) atoms. The van der Waals surface area contributed by atoms with Crippen LogP contribution in [-0.4, -0.2) is 32.0 Å². The first-order valence-corrected chi connectivity index (χ1v) is 9.76. The summed E-state index contributed by atoms with van der Waals surface area (Å²) < 4.78 is 23.7. The van der Waals surface area contributed by atoms with Crippen LogP contribution in [-0.2, 0) is 9.84 Å². The highest BCUT2D eigenvalue weighted by atomic mass is 35.5. The molecule has 0 aromatic heterocycles. The molecule has 0 spiro atoms. The topological polar surface area (TPSA) is 66.5 Å². The van der Waals surface area contributed by atoms with E-state index < -0.39 is 9.84 Å². The summed E-state index contributed by atoms with van der Waals surface area (Å²) in [5.74, 6) is 0.0677. The van der Waals surface area contributed by atoms with Crippen LogP contribution in [0.1, 0.15) is 6.42 Å². The van der Waals surface area contributed by atoms with E-state index in [1.165, 1.54) is 4.90 Å². The Kier molecular flexibility index (Phi) is 4.78. The van der Waals surface area contributed by atoms with Crippen molar-refractivity contribution >= 4 is 38.8 Å². The smallest absolute Gasteiger partial charge is 0.308 e. The first-order chi connectivity index (χ1) is 11.4. The van der Waals surface area contributed by atoms with Crippen molar-refractivity contribution in [2.24, 2.45) is 0 Å². The molecule has 7 heteroatoms. The number of carbonyl (C=O) groups is 1. The molecule has 1 aliphatic heterocycles. The average Bonchev–Trinajstić information content (AvgIpc) is 2.90. The monoisotopic (exact) mass is 364 g/mol. The average molecular weight is 365 g/mol. The fraction of sp³-hybridized carbons (Fsp3) is 0.235. The number of hydrogen-bond donors (Lipinski definition) is 1. The van der Waals surface area contributed by atoms with Crippen molar-refractivity contribution < 1.29 is 13.2 Å². The summed E-state index contributed by atoms with van der Waals surface area (Å²) in [5, 5.41) is 3.38. The maximum atomic E-state index is 12.8. The molecular formula is C17H17ClN2O3S. The van der Waals surface area contributed by atoms with E-state index in [-0.39, 0.29) is 23.6 Å². The SMILES string of the molecule is O=C(Nc1ccccc1)N(c1ccc(Cl)cc1)C1CCS(=O)(=O)C1. The van der Waals surface area contributed by atoms with Crippen LogP contribution in [0.2, 0.25) is 5.02 Å². The minimum atomic E-state index is -3.11. The molecule has 126 valence electrons. The number of carbonyl (C=O) groups excluding carboxylic acids is 1. The van der Waals surface area contributed by atoms with Gasteiger partial charge in [0, 0.05) is 16.4 Å². The summed E-state index contributed by atoms with van der Waals surface area (Å²) in [6, 6.07) is 15.1. The second kappa shape index (κ2) is 6.83. The van der Waals surface area contributed by atoms with Crippen molar-refractivity contribution in [2.45, 2.75) is 12.5 Å². The molecule has 0 bridgehead atoms. The highest BCUT2D eigenvalue weighted by Gasteiger charge is 2.35. The van der Waals surface area contributed by atoms with Crippen LogP contribution in [0.25, 0.3) is 0 Å². The lowest BCUT2D eigenvalue weighted by molar-refractivity contribution is 0.255.